The third-order valence-corrected chi connectivity index (χ3v) is 3.13. The van der Waals surface area contributed by atoms with Crippen LogP contribution in [-0.4, -0.2) is 12.4 Å². The molecule has 90 valence electrons. The van der Waals surface area contributed by atoms with E-state index in [1.165, 1.54) is 6.42 Å². The van der Waals surface area contributed by atoms with Crippen molar-refractivity contribution in [3.63, 3.8) is 0 Å². The third-order valence-electron chi connectivity index (χ3n) is 2.22. The van der Waals surface area contributed by atoms with Crippen LogP contribution < -0.4 is 4.74 Å². The minimum Gasteiger partial charge on any atom is -0.490 e. The normalized spacial score (nSPS) is 10.4. The first-order valence-corrected chi connectivity index (χ1v) is 6.82. The minimum atomic E-state index is 0.572. The fourth-order valence-corrected chi connectivity index (χ4v) is 2.09. The molecule has 0 aliphatic heterocycles. The Hall–Kier alpha value is -0.0500. The summed E-state index contributed by atoms with van der Waals surface area (Å²) in [4.78, 5) is 0. The summed E-state index contributed by atoms with van der Waals surface area (Å²) in [5, 5.41) is 1.14. The number of hydrogen-bond donors (Lipinski definition) is 1. The molecule has 0 N–H and O–H groups in total. The highest BCUT2D eigenvalue weighted by molar-refractivity contribution is 7.80. The van der Waals surface area contributed by atoms with Crippen LogP contribution in [0, 0.1) is 0 Å². The van der Waals surface area contributed by atoms with Crippen molar-refractivity contribution >= 4 is 35.8 Å². The zero-order chi connectivity index (χ0) is 11.8. The topological polar surface area (TPSA) is 9.23 Å². The van der Waals surface area contributed by atoms with Gasteiger partial charge in [0, 0.05) is 0 Å². The van der Waals surface area contributed by atoms with Crippen molar-refractivity contribution in [3.05, 3.63) is 28.2 Å². The van der Waals surface area contributed by atoms with Crippen LogP contribution in [0.5, 0.6) is 5.75 Å². The van der Waals surface area contributed by atoms with Crippen molar-refractivity contribution < 1.29 is 4.74 Å². The van der Waals surface area contributed by atoms with E-state index in [-0.39, 0.29) is 0 Å². The molecule has 0 aromatic heterocycles. The first-order valence-electron chi connectivity index (χ1n) is 5.43. The summed E-state index contributed by atoms with van der Waals surface area (Å²) in [7, 11) is 0. The third kappa shape index (κ3) is 4.86. The summed E-state index contributed by atoms with van der Waals surface area (Å²) in [6, 6.07) is 5.37. The summed E-state index contributed by atoms with van der Waals surface area (Å²) in [6.45, 7) is 0.663. The quantitative estimate of drug-likeness (QED) is 0.554. The Morgan fingerprint density at radius 3 is 2.25 bits per heavy atom. The second kappa shape index (κ2) is 8.10. The van der Waals surface area contributed by atoms with E-state index in [2.05, 4.69) is 12.6 Å². The molecule has 0 atom stereocenters. The first kappa shape index (κ1) is 14.0. The second-order valence-electron chi connectivity index (χ2n) is 3.54. The van der Waals surface area contributed by atoms with Crippen LogP contribution in [0.1, 0.15) is 25.7 Å². The van der Waals surface area contributed by atoms with Crippen LogP contribution in [0.25, 0.3) is 0 Å². The molecule has 0 amide bonds. The van der Waals surface area contributed by atoms with Gasteiger partial charge in [-0.1, -0.05) is 42.1 Å². The predicted molar refractivity (Wildman–Crippen MR) is 74.3 cm³/mol. The van der Waals surface area contributed by atoms with Crippen molar-refractivity contribution in [3.8, 4) is 5.75 Å². The Bertz CT molecular complexity index is 298. The molecule has 0 saturated heterocycles. The van der Waals surface area contributed by atoms with Crippen molar-refractivity contribution in [2.75, 3.05) is 12.4 Å². The maximum atomic E-state index is 5.97. The summed E-state index contributed by atoms with van der Waals surface area (Å²) in [5.41, 5.74) is 0. The van der Waals surface area contributed by atoms with Gasteiger partial charge >= 0.3 is 0 Å². The van der Waals surface area contributed by atoms with E-state index in [0.29, 0.717) is 22.4 Å². The zero-order valence-corrected chi connectivity index (χ0v) is 11.5. The summed E-state index contributed by atoms with van der Waals surface area (Å²) >= 11 is 16.1. The molecule has 1 aromatic rings. The number of hydrogen-bond acceptors (Lipinski definition) is 2. The number of thiol groups is 1. The number of rotatable bonds is 7. The SMILES string of the molecule is SCCCCCCOc1c(Cl)cccc1Cl. The molecular formula is C12H16Cl2OS. The van der Waals surface area contributed by atoms with E-state index in [1.54, 1.807) is 12.1 Å². The highest BCUT2D eigenvalue weighted by atomic mass is 35.5. The Morgan fingerprint density at radius 1 is 1.00 bits per heavy atom. The molecule has 1 aromatic carbocycles. The molecule has 0 unspecified atom stereocenters. The molecule has 0 bridgehead atoms. The van der Waals surface area contributed by atoms with E-state index in [1.807, 2.05) is 6.07 Å². The van der Waals surface area contributed by atoms with Crippen LogP contribution in [-0.2, 0) is 0 Å². The first-order chi connectivity index (χ1) is 7.75. The maximum absolute atomic E-state index is 5.97. The van der Waals surface area contributed by atoms with Crippen LogP contribution in [0.15, 0.2) is 18.2 Å². The fraction of sp³-hybridized carbons (Fsp3) is 0.500. The number of unbranched alkanes of at least 4 members (excludes halogenated alkanes) is 3. The van der Waals surface area contributed by atoms with Gasteiger partial charge in [0.15, 0.2) is 5.75 Å². The largest absolute Gasteiger partial charge is 0.490 e. The molecule has 0 aliphatic carbocycles. The molecule has 0 spiro atoms. The van der Waals surface area contributed by atoms with Gasteiger partial charge in [-0.05, 0) is 30.7 Å². The molecular weight excluding hydrogens is 263 g/mol. The van der Waals surface area contributed by atoms with Gasteiger partial charge in [0.05, 0.1) is 16.7 Å². The van der Waals surface area contributed by atoms with Gasteiger partial charge in [-0.2, -0.15) is 12.6 Å². The average Bonchev–Trinajstić information content (AvgIpc) is 2.26. The molecule has 0 fully saturated rings. The van der Waals surface area contributed by atoms with E-state index < -0.39 is 0 Å². The molecule has 1 rings (SSSR count). The highest BCUT2D eigenvalue weighted by Crippen LogP contribution is 2.32. The number of halogens is 2. The van der Waals surface area contributed by atoms with E-state index >= 15 is 0 Å². The molecule has 4 heteroatoms. The van der Waals surface area contributed by atoms with Crippen LogP contribution >= 0.6 is 35.8 Å². The number of ether oxygens (including phenoxy) is 1. The highest BCUT2D eigenvalue weighted by Gasteiger charge is 2.05. The molecule has 0 saturated carbocycles. The summed E-state index contributed by atoms with van der Waals surface area (Å²) in [6.07, 6.45) is 4.54. The number of para-hydroxylation sites is 1. The van der Waals surface area contributed by atoms with E-state index in [9.17, 15) is 0 Å². The Labute approximate surface area is 112 Å². The molecule has 0 heterocycles. The van der Waals surface area contributed by atoms with E-state index in [4.69, 9.17) is 27.9 Å². The second-order valence-corrected chi connectivity index (χ2v) is 4.80. The maximum Gasteiger partial charge on any atom is 0.156 e. The molecule has 1 nitrogen and oxygen atoms in total. The Kier molecular flexibility index (Phi) is 7.10. The summed E-state index contributed by atoms with van der Waals surface area (Å²) < 4.78 is 5.56. The zero-order valence-electron chi connectivity index (χ0n) is 9.09. The molecule has 16 heavy (non-hydrogen) atoms. The van der Waals surface area contributed by atoms with Gasteiger partial charge in [0.2, 0.25) is 0 Å². The lowest BCUT2D eigenvalue weighted by molar-refractivity contribution is 0.305. The van der Waals surface area contributed by atoms with Crippen molar-refractivity contribution in [1.29, 1.82) is 0 Å². The fourth-order valence-electron chi connectivity index (χ4n) is 1.36. The Balaban J connectivity index is 2.26. The lowest BCUT2D eigenvalue weighted by atomic mass is 10.2. The van der Waals surface area contributed by atoms with Gasteiger partial charge in [-0.3, -0.25) is 0 Å². The predicted octanol–water partition coefficient (Wildman–Crippen LogP) is 4.86. The minimum absolute atomic E-state index is 0.572. The standard InChI is InChI=1S/C12H16Cl2OS/c13-10-6-5-7-11(14)12(10)15-8-3-1-2-4-9-16/h5-7,16H,1-4,8-9H2. The van der Waals surface area contributed by atoms with Crippen LogP contribution in [0.4, 0.5) is 0 Å². The van der Waals surface area contributed by atoms with Gasteiger partial charge in [-0.15, -0.1) is 0 Å². The van der Waals surface area contributed by atoms with E-state index in [0.717, 1.165) is 25.0 Å². The molecule has 0 radical (unpaired) electrons. The van der Waals surface area contributed by atoms with Gasteiger partial charge < -0.3 is 4.74 Å². The van der Waals surface area contributed by atoms with Crippen LogP contribution in [0.3, 0.4) is 0 Å². The van der Waals surface area contributed by atoms with Gasteiger partial charge in [0.1, 0.15) is 0 Å². The average molecular weight is 279 g/mol. The lowest BCUT2D eigenvalue weighted by Crippen LogP contribution is -1.98. The Morgan fingerprint density at radius 2 is 1.62 bits per heavy atom. The smallest absolute Gasteiger partial charge is 0.156 e. The van der Waals surface area contributed by atoms with Gasteiger partial charge in [0.25, 0.3) is 0 Å². The van der Waals surface area contributed by atoms with Crippen LogP contribution in [0.2, 0.25) is 10.0 Å². The monoisotopic (exact) mass is 278 g/mol. The van der Waals surface area contributed by atoms with Gasteiger partial charge in [-0.25, -0.2) is 0 Å². The molecule has 0 aliphatic rings. The van der Waals surface area contributed by atoms with Crippen molar-refractivity contribution in [2.24, 2.45) is 0 Å². The number of benzene rings is 1. The summed E-state index contributed by atoms with van der Waals surface area (Å²) in [5.74, 6) is 1.55. The van der Waals surface area contributed by atoms with Crippen molar-refractivity contribution in [1.82, 2.24) is 0 Å². The lowest BCUT2D eigenvalue weighted by Gasteiger charge is -2.09. The van der Waals surface area contributed by atoms with Crippen molar-refractivity contribution in [2.45, 2.75) is 25.7 Å².